The number of aliphatic hydroxyl groups is 1. The first-order chi connectivity index (χ1) is 4.02. The number of hydrogen-bond acceptors (Lipinski definition) is 1. The molecular weight excluding hydrogens is 119 g/mol. The number of rotatable bonds is 2. The van der Waals surface area contributed by atoms with Crippen LogP contribution in [-0.4, -0.2) is 17.4 Å². The van der Waals surface area contributed by atoms with Gasteiger partial charge in [0.05, 0.1) is 6.61 Å². The maximum absolute atomic E-state index is 13.1. The average molecular weight is 132 g/mol. The molecule has 1 aliphatic carbocycles. The lowest BCUT2D eigenvalue weighted by Crippen LogP contribution is -2.30. The Morgan fingerprint density at radius 1 is 1.56 bits per heavy atom. The van der Waals surface area contributed by atoms with E-state index < -0.39 is 5.67 Å². The maximum atomic E-state index is 13.1. The predicted octanol–water partition coefficient (Wildman–Crippen LogP) is 1.51. The molecule has 0 aliphatic heterocycles. The number of aliphatic hydroxyl groups excluding tert-OH is 1. The van der Waals surface area contributed by atoms with Gasteiger partial charge in [0.2, 0.25) is 0 Å². The molecule has 1 nitrogen and oxygen atoms in total. The Morgan fingerprint density at radius 3 is 2.00 bits per heavy atom. The Balaban J connectivity index is 2.60. The van der Waals surface area contributed by atoms with E-state index >= 15 is 0 Å². The third-order valence-corrected chi connectivity index (χ3v) is 2.42. The highest BCUT2D eigenvalue weighted by molar-refractivity contribution is 5.03. The Kier molecular flexibility index (Phi) is 1.31. The van der Waals surface area contributed by atoms with Gasteiger partial charge in [0.15, 0.2) is 0 Å². The van der Waals surface area contributed by atoms with Crippen LogP contribution in [0.15, 0.2) is 0 Å². The molecule has 9 heavy (non-hydrogen) atoms. The Hall–Kier alpha value is -0.110. The van der Waals surface area contributed by atoms with E-state index in [1.54, 1.807) is 0 Å². The van der Waals surface area contributed by atoms with Crippen molar-refractivity contribution in [3.63, 3.8) is 0 Å². The summed E-state index contributed by atoms with van der Waals surface area (Å²) in [6.45, 7) is 3.07. The summed E-state index contributed by atoms with van der Waals surface area (Å²) in [7, 11) is 0. The third-order valence-electron chi connectivity index (χ3n) is 2.42. The van der Waals surface area contributed by atoms with Crippen LogP contribution in [-0.2, 0) is 0 Å². The quantitative estimate of drug-likeness (QED) is 0.603. The molecule has 0 unspecified atom stereocenters. The fourth-order valence-corrected chi connectivity index (χ4v) is 1.09. The third kappa shape index (κ3) is 0.960. The van der Waals surface area contributed by atoms with Crippen LogP contribution in [0.5, 0.6) is 0 Å². The molecule has 1 aliphatic rings. The molecule has 0 aromatic heterocycles. The number of alkyl halides is 1. The van der Waals surface area contributed by atoms with Crippen molar-refractivity contribution in [2.24, 2.45) is 5.41 Å². The summed E-state index contributed by atoms with van der Waals surface area (Å²) in [6, 6.07) is 0. The summed E-state index contributed by atoms with van der Waals surface area (Å²) in [5.74, 6) is 0. The van der Waals surface area contributed by atoms with Crippen LogP contribution in [0.1, 0.15) is 26.7 Å². The van der Waals surface area contributed by atoms with Gasteiger partial charge < -0.3 is 5.11 Å². The van der Waals surface area contributed by atoms with Gasteiger partial charge in [0, 0.05) is 5.41 Å². The second-order valence-corrected chi connectivity index (χ2v) is 3.41. The fourth-order valence-electron chi connectivity index (χ4n) is 1.09. The van der Waals surface area contributed by atoms with Gasteiger partial charge in [-0.05, 0) is 26.7 Å². The van der Waals surface area contributed by atoms with Gasteiger partial charge in [-0.15, -0.1) is 0 Å². The molecule has 0 bridgehead atoms. The van der Waals surface area contributed by atoms with Crippen LogP contribution >= 0.6 is 0 Å². The van der Waals surface area contributed by atoms with Gasteiger partial charge in [-0.25, -0.2) is 4.39 Å². The Labute approximate surface area is 54.9 Å². The first-order valence-electron chi connectivity index (χ1n) is 3.32. The first kappa shape index (κ1) is 7.00. The van der Waals surface area contributed by atoms with Crippen molar-refractivity contribution in [2.75, 3.05) is 6.61 Å². The summed E-state index contributed by atoms with van der Waals surface area (Å²) in [6.07, 6.45) is 1.68. The first-order valence-corrected chi connectivity index (χ1v) is 3.32. The lowest BCUT2D eigenvalue weighted by atomic mass is 9.90. The summed E-state index contributed by atoms with van der Waals surface area (Å²) >= 11 is 0. The van der Waals surface area contributed by atoms with Gasteiger partial charge in [-0.1, -0.05) is 0 Å². The molecule has 0 saturated heterocycles. The highest BCUT2D eigenvalue weighted by Gasteiger charge is 2.54. The maximum Gasteiger partial charge on any atom is 0.113 e. The van der Waals surface area contributed by atoms with E-state index in [1.807, 2.05) is 0 Å². The molecule has 2 heteroatoms. The zero-order valence-corrected chi connectivity index (χ0v) is 5.95. The smallest absolute Gasteiger partial charge is 0.113 e. The molecule has 1 rings (SSSR count). The second kappa shape index (κ2) is 1.69. The van der Waals surface area contributed by atoms with E-state index in [0.29, 0.717) is 0 Å². The lowest BCUT2D eigenvalue weighted by Gasteiger charge is -2.23. The van der Waals surface area contributed by atoms with Crippen molar-refractivity contribution >= 4 is 0 Å². The number of halogens is 1. The minimum Gasteiger partial charge on any atom is -0.396 e. The van der Waals surface area contributed by atoms with Crippen LogP contribution in [0.4, 0.5) is 4.39 Å². The fraction of sp³-hybridized carbons (Fsp3) is 1.00. The summed E-state index contributed by atoms with van der Waals surface area (Å²) in [5.41, 5.74) is -1.57. The topological polar surface area (TPSA) is 20.2 Å². The van der Waals surface area contributed by atoms with Crippen LogP contribution in [0.25, 0.3) is 0 Å². The molecule has 0 aromatic rings. The standard InChI is InChI=1S/C7H13FO/c1-6(2,8)7(5-9)3-4-7/h9H,3-5H2,1-2H3. The van der Waals surface area contributed by atoms with E-state index in [9.17, 15) is 4.39 Å². The summed E-state index contributed by atoms with van der Waals surface area (Å²) < 4.78 is 13.1. The van der Waals surface area contributed by atoms with Gasteiger partial charge in [-0.2, -0.15) is 0 Å². The number of hydrogen-bond donors (Lipinski definition) is 1. The second-order valence-electron chi connectivity index (χ2n) is 3.41. The van der Waals surface area contributed by atoms with Crippen molar-refractivity contribution < 1.29 is 9.50 Å². The molecular formula is C7H13FO. The van der Waals surface area contributed by atoms with E-state index in [4.69, 9.17) is 5.11 Å². The summed E-state index contributed by atoms with van der Waals surface area (Å²) in [5, 5.41) is 8.75. The molecule has 54 valence electrons. The lowest BCUT2D eigenvalue weighted by molar-refractivity contribution is 0.0530. The van der Waals surface area contributed by atoms with Gasteiger partial charge in [0.25, 0.3) is 0 Å². The molecule has 1 N–H and O–H groups in total. The minimum absolute atomic E-state index is 0.00347. The van der Waals surface area contributed by atoms with E-state index in [1.165, 1.54) is 13.8 Å². The zero-order valence-electron chi connectivity index (χ0n) is 5.95. The highest BCUT2D eigenvalue weighted by atomic mass is 19.1. The van der Waals surface area contributed by atoms with Crippen molar-refractivity contribution in [2.45, 2.75) is 32.4 Å². The van der Waals surface area contributed by atoms with Gasteiger partial charge in [-0.3, -0.25) is 0 Å². The normalized spacial score (nSPS) is 24.0. The van der Waals surface area contributed by atoms with Gasteiger partial charge >= 0.3 is 0 Å². The highest BCUT2D eigenvalue weighted by Crippen LogP contribution is 2.55. The zero-order chi connectivity index (χ0) is 7.12. The van der Waals surface area contributed by atoms with Crippen LogP contribution in [0.3, 0.4) is 0 Å². The molecule has 0 radical (unpaired) electrons. The van der Waals surface area contributed by atoms with Crippen LogP contribution in [0, 0.1) is 5.41 Å². The summed E-state index contributed by atoms with van der Waals surface area (Å²) in [4.78, 5) is 0. The van der Waals surface area contributed by atoms with Gasteiger partial charge in [0.1, 0.15) is 5.67 Å². The van der Waals surface area contributed by atoms with Crippen molar-refractivity contribution in [3.05, 3.63) is 0 Å². The monoisotopic (exact) mass is 132 g/mol. The van der Waals surface area contributed by atoms with E-state index in [2.05, 4.69) is 0 Å². The Bertz CT molecular complexity index is 111. The van der Waals surface area contributed by atoms with Crippen molar-refractivity contribution in [1.29, 1.82) is 0 Å². The molecule has 0 spiro atoms. The van der Waals surface area contributed by atoms with Crippen LogP contribution < -0.4 is 0 Å². The van der Waals surface area contributed by atoms with Crippen LogP contribution in [0.2, 0.25) is 0 Å². The molecule has 0 aromatic carbocycles. The van der Waals surface area contributed by atoms with Crippen molar-refractivity contribution in [3.8, 4) is 0 Å². The van der Waals surface area contributed by atoms with Crippen molar-refractivity contribution in [1.82, 2.24) is 0 Å². The molecule has 0 heterocycles. The van der Waals surface area contributed by atoms with E-state index in [0.717, 1.165) is 12.8 Å². The van der Waals surface area contributed by atoms with E-state index in [-0.39, 0.29) is 12.0 Å². The molecule has 0 amide bonds. The Morgan fingerprint density at radius 2 is 2.00 bits per heavy atom. The molecule has 1 fully saturated rings. The average Bonchev–Trinajstić information content (AvgIpc) is 2.40. The predicted molar refractivity (Wildman–Crippen MR) is 33.9 cm³/mol. The molecule has 1 saturated carbocycles. The SMILES string of the molecule is CC(C)(F)C1(CO)CC1. The largest absolute Gasteiger partial charge is 0.396 e. The molecule has 0 atom stereocenters. The minimum atomic E-state index is -1.19.